The Kier molecular flexibility index (Phi) is 11.4. The molecule has 0 amide bonds. The number of hydrogen-bond donors (Lipinski definition) is 1. The van der Waals surface area contributed by atoms with Gasteiger partial charge in [-0.25, -0.2) is 9.18 Å². The number of likely N-dealkylation sites (tertiary alicyclic amines) is 1. The van der Waals surface area contributed by atoms with E-state index in [1.165, 1.54) is 48.1 Å². The average Bonchev–Trinajstić information content (AvgIpc) is 3.64. The summed E-state index contributed by atoms with van der Waals surface area (Å²) in [4.78, 5) is 15.1. The van der Waals surface area contributed by atoms with Gasteiger partial charge in [-0.2, -0.15) is 0 Å². The van der Waals surface area contributed by atoms with Crippen molar-refractivity contribution in [3.8, 4) is 0 Å². The summed E-state index contributed by atoms with van der Waals surface area (Å²) in [6, 6.07) is 4.14. The molecule has 2 saturated heterocycles. The number of unbranched alkanes of at least 4 members (excludes halogenated alkanes) is 1. The van der Waals surface area contributed by atoms with Gasteiger partial charge in [-0.15, -0.1) is 0 Å². The summed E-state index contributed by atoms with van der Waals surface area (Å²) in [6.45, 7) is 10.9. The molecule has 3 unspecified atom stereocenters. The molecule has 1 aromatic carbocycles. The summed E-state index contributed by atoms with van der Waals surface area (Å²) in [5.74, 6) is -0.534. The minimum Gasteiger partial charge on any atom is -0.468 e. The monoisotopic (exact) mass is 554 g/mol. The zero-order valence-corrected chi connectivity index (χ0v) is 24.8. The first kappa shape index (κ1) is 30.5. The molecule has 0 aromatic heterocycles. The first-order valence-electron chi connectivity index (χ1n) is 15.0. The van der Waals surface area contributed by atoms with Gasteiger partial charge in [0.1, 0.15) is 11.9 Å². The van der Waals surface area contributed by atoms with Crippen LogP contribution in [-0.2, 0) is 19.0 Å². The Bertz CT molecular complexity index is 1100. The van der Waals surface area contributed by atoms with Crippen LogP contribution in [0.25, 0.3) is 0 Å². The maximum absolute atomic E-state index is 14.4. The molecule has 0 radical (unpaired) electrons. The predicted molar refractivity (Wildman–Crippen MR) is 157 cm³/mol. The SMILES string of the molecule is COC(=O)C(c1cc(F)ccc1C1CCOC1)N1CCC(OCCCCC(/C=C\C2=C(C)NCCC2)=C(C)C)C1. The molecule has 40 heavy (non-hydrogen) atoms. The molecule has 0 spiro atoms. The molecule has 3 atom stereocenters. The third kappa shape index (κ3) is 8.05. The third-order valence-corrected chi connectivity index (χ3v) is 8.50. The smallest absolute Gasteiger partial charge is 0.327 e. The second-order valence-electron chi connectivity index (χ2n) is 11.5. The number of carbonyl (C=O) groups is 1. The Morgan fingerprint density at radius 3 is 2.85 bits per heavy atom. The highest BCUT2D eigenvalue weighted by Crippen LogP contribution is 2.36. The van der Waals surface area contributed by atoms with Crippen LogP contribution in [0.5, 0.6) is 0 Å². The number of nitrogens with one attached hydrogen (secondary N) is 1. The van der Waals surface area contributed by atoms with Gasteiger partial charge in [-0.05, 0) is 100 Å². The normalized spacial score (nSPS) is 22.5. The minimum absolute atomic E-state index is 0.0514. The Morgan fingerprint density at radius 1 is 1.27 bits per heavy atom. The van der Waals surface area contributed by atoms with E-state index in [-0.39, 0.29) is 23.8 Å². The number of allylic oxidation sites excluding steroid dienone is 6. The summed E-state index contributed by atoms with van der Waals surface area (Å²) in [7, 11) is 1.40. The van der Waals surface area contributed by atoms with Crippen molar-refractivity contribution in [2.45, 2.75) is 83.8 Å². The number of nitrogens with zero attached hydrogens (tertiary/aromatic N) is 1. The Labute approximate surface area is 239 Å². The van der Waals surface area contributed by atoms with Crippen LogP contribution in [0.3, 0.4) is 0 Å². The van der Waals surface area contributed by atoms with Gasteiger partial charge >= 0.3 is 5.97 Å². The number of methoxy groups -OCH3 is 1. The fourth-order valence-electron chi connectivity index (χ4n) is 6.08. The van der Waals surface area contributed by atoms with Crippen LogP contribution >= 0.6 is 0 Å². The van der Waals surface area contributed by atoms with Crippen molar-refractivity contribution in [2.24, 2.45) is 0 Å². The summed E-state index contributed by atoms with van der Waals surface area (Å²) in [5, 5.41) is 3.46. The van der Waals surface area contributed by atoms with Crippen LogP contribution in [-0.4, -0.2) is 63.5 Å². The molecule has 0 saturated carbocycles. The van der Waals surface area contributed by atoms with Crippen molar-refractivity contribution < 1.29 is 23.4 Å². The quantitative estimate of drug-likeness (QED) is 0.184. The first-order valence-corrected chi connectivity index (χ1v) is 15.0. The number of ether oxygens (including phenoxy) is 3. The predicted octanol–water partition coefficient (Wildman–Crippen LogP) is 6.35. The summed E-state index contributed by atoms with van der Waals surface area (Å²) in [5.41, 5.74) is 7.14. The van der Waals surface area contributed by atoms with Crippen molar-refractivity contribution in [3.63, 3.8) is 0 Å². The average molecular weight is 555 g/mol. The minimum atomic E-state index is -0.643. The number of halogens is 1. The van der Waals surface area contributed by atoms with Crippen molar-refractivity contribution in [1.82, 2.24) is 10.2 Å². The molecule has 7 heteroatoms. The lowest BCUT2D eigenvalue weighted by Crippen LogP contribution is -2.35. The van der Waals surface area contributed by atoms with E-state index >= 15 is 0 Å². The summed E-state index contributed by atoms with van der Waals surface area (Å²) >= 11 is 0. The lowest BCUT2D eigenvalue weighted by atomic mass is 9.89. The largest absolute Gasteiger partial charge is 0.468 e. The number of hydrogen-bond acceptors (Lipinski definition) is 6. The number of esters is 1. The first-order chi connectivity index (χ1) is 19.4. The molecule has 6 nitrogen and oxygen atoms in total. The van der Waals surface area contributed by atoms with Gasteiger partial charge in [0.15, 0.2) is 0 Å². The zero-order valence-electron chi connectivity index (χ0n) is 24.8. The topological polar surface area (TPSA) is 60.0 Å². The van der Waals surface area contributed by atoms with E-state index in [4.69, 9.17) is 14.2 Å². The van der Waals surface area contributed by atoms with Crippen LogP contribution in [0.4, 0.5) is 4.39 Å². The molecule has 220 valence electrons. The summed E-state index contributed by atoms with van der Waals surface area (Å²) in [6.07, 6.45) is 11.8. The van der Waals surface area contributed by atoms with Crippen LogP contribution in [0.15, 0.2) is 52.8 Å². The fourth-order valence-corrected chi connectivity index (χ4v) is 6.08. The molecular formula is C33H47FN2O4. The second kappa shape index (κ2) is 14.9. The highest BCUT2D eigenvalue weighted by Gasteiger charge is 2.37. The van der Waals surface area contributed by atoms with Gasteiger partial charge < -0.3 is 19.5 Å². The lowest BCUT2D eigenvalue weighted by Gasteiger charge is -2.29. The van der Waals surface area contributed by atoms with Gasteiger partial charge in [0, 0.05) is 44.5 Å². The Morgan fingerprint density at radius 2 is 2.12 bits per heavy atom. The maximum Gasteiger partial charge on any atom is 0.327 e. The van der Waals surface area contributed by atoms with E-state index in [0.717, 1.165) is 50.6 Å². The van der Waals surface area contributed by atoms with Crippen LogP contribution in [0.1, 0.15) is 88.8 Å². The molecule has 2 fully saturated rings. The zero-order chi connectivity index (χ0) is 28.5. The van der Waals surface area contributed by atoms with Gasteiger partial charge in [0.05, 0.1) is 19.8 Å². The Hall–Kier alpha value is -2.48. The lowest BCUT2D eigenvalue weighted by molar-refractivity contribution is -0.147. The van der Waals surface area contributed by atoms with E-state index in [1.807, 2.05) is 6.07 Å². The molecule has 3 aliphatic heterocycles. The maximum atomic E-state index is 14.4. The summed E-state index contributed by atoms with van der Waals surface area (Å²) < 4.78 is 31.4. The molecular weight excluding hydrogens is 507 g/mol. The highest BCUT2D eigenvalue weighted by molar-refractivity contribution is 5.78. The molecule has 3 aliphatic rings. The van der Waals surface area contributed by atoms with Crippen LogP contribution in [0.2, 0.25) is 0 Å². The van der Waals surface area contributed by atoms with Crippen LogP contribution < -0.4 is 5.32 Å². The van der Waals surface area contributed by atoms with Crippen molar-refractivity contribution >= 4 is 5.97 Å². The van der Waals surface area contributed by atoms with Gasteiger partial charge in [-0.1, -0.05) is 23.8 Å². The van der Waals surface area contributed by atoms with Crippen LogP contribution in [0, 0.1) is 5.82 Å². The number of benzene rings is 1. The number of carbonyl (C=O) groups excluding carboxylic acids is 1. The van der Waals surface area contributed by atoms with Gasteiger partial charge in [0.25, 0.3) is 0 Å². The molecule has 1 N–H and O–H groups in total. The second-order valence-corrected chi connectivity index (χ2v) is 11.5. The highest BCUT2D eigenvalue weighted by atomic mass is 19.1. The van der Waals surface area contributed by atoms with E-state index in [0.29, 0.717) is 38.5 Å². The standard InChI is InChI=1S/C33H47FN2O4/c1-23(2)25(10-11-26-9-7-16-35-24(26)3)8-5-6-18-40-29-14-17-36(21-29)32(33(37)38-4)31-20-28(34)12-13-30(31)27-15-19-39-22-27/h10-13,20,27,29,32,35H,5-9,14-19,21-22H2,1-4H3/b11-10-. The Balaban J connectivity index is 1.29. The van der Waals surface area contributed by atoms with E-state index in [9.17, 15) is 9.18 Å². The van der Waals surface area contributed by atoms with Gasteiger partial charge in [-0.3, -0.25) is 4.90 Å². The third-order valence-electron chi connectivity index (χ3n) is 8.50. The molecule has 1 aromatic rings. The molecule has 0 bridgehead atoms. The van der Waals surface area contributed by atoms with Crippen molar-refractivity contribution in [2.75, 3.05) is 46.6 Å². The van der Waals surface area contributed by atoms with Gasteiger partial charge in [0.2, 0.25) is 0 Å². The van der Waals surface area contributed by atoms with E-state index < -0.39 is 6.04 Å². The van der Waals surface area contributed by atoms with E-state index in [1.54, 1.807) is 0 Å². The fraction of sp³-hybridized carbons (Fsp3) is 0.606. The van der Waals surface area contributed by atoms with Crippen molar-refractivity contribution in [1.29, 1.82) is 0 Å². The van der Waals surface area contributed by atoms with Crippen molar-refractivity contribution in [3.05, 3.63) is 69.7 Å². The molecule has 4 rings (SSSR count). The molecule has 0 aliphatic carbocycles. The molecule has 3 heterocycles. The number of rotatable bonds is 12. The van der Waals surface area contributed by atoms with E-state index in [2.05, 4.69) is 43.1 Å².